The predicted molar refractivity (Wildman–Crippen MR) is 79.7 cm³/mol. The van der Waals surface area contributed by atoms with Crippen LogP contribution in [-0.2, 0) is 12.0 Å². The molecular weight excluding hydrogens is 234 g/mol. The molecule has 1 fully saturated rings. The lowest BCUT2D eigenvalue weighted by Gasteiger charge is -2.18. The summed E-state index contributed by atoms with van der Waals surface area (Å²) in [4.78, 5) is 0. The molecule has 2 aromatic rings. The highest BCUT2D eigenvalue weighted by Gasteiger charge is 2.32. The van der Waals surface area contributed by atoms with Crippen molar-refractivity contribution in [3.8, 4) is 0 Å². The maximum Gasteiger partial charge on any atom is 0.138 e. The molecule has 102 valence electrons. The first-order valence-corrected chi connectivity index (χ1v) is 7.21. The molecule has 2 heteroatoms. The first-order chi connectivity index (χ1) is 9.02. The number of hydrogen-bond acceptors (Lipinski definition) is 2. The molecule has 1 aliphatic carbocycles. The molecule has 0 atom stereocenters. The molecule has 1 heterocycles. The minimum atomic E-state index is 0.120. The van der Waals surface area contributed by atoms with E-state index in [2.05, 4.69) is 44.3 Å². The van der Waals surface area contributed by atoms with E-state index in [1.54, 1.807) is 0 Å². The van der Waals surface area contributed by atoms with E-state index in [1.807, 2.05) is 7.05 Å². The van der Waals surface area contributed by atoms with Gasteiger partial charge >= 0.3 is 0 Å². The summed E-state index contributed by atoms with van der Waals surface area (Å²) in [5, 5.41) is 4.57. The molecular formula is C17H23NO. The SMILES string of the molecule is CNCc1oc2c(C(C)(C)C)cccc2c1C1CC1. The number of para-hydroxylation sites is 1. The van der Waals surface area contributed by atoms with Gasteiger partial charge in [-0.15, -0.1) is 0 Å². The molecule has 0 spiro atoms. The second kappa shape index (κ2) is 4.38. The Morgan fingerprint density at radius 3 is 2.58 bits per heavy atom. The summed E-state index contributed by atoms with van der Waals surface area (Å²) < 4.78 is 6.24. The third-order valence-corrected chi connectivity index (χ3v) is 3.96. The Morgan fingerprint density at radius 1 is 1.26 bits per heavy atom. The van der Waals surface area contributed by atoms with Crippen LogP contribution >= 0.6 is 0 Å². The van der Waals surface area contributed by atoms with Gasteiger partial charge < -0.3 is 9.73 Å². The number of fused-ring (bicyclic) bond motifs is 1. The molecule has 3 rings (SSSR count). The predicted octanol–water partition coefficient (Wildman–Crippen LogP) is 4.33. The zero-order chi connectivity index (χ0) is 13.6. The highest BCUT2D eigenvalue weighted by molar-refractivity contribution is 5.86. The van der Waals surface area contributed by atoms with Crippen LogP contribution in [0.1, 0.15) is 56.4 Å². The summed E-state index contributed by atoms with van der Waals surface area (Å²) in [5.41, 5.74) is 3.99. The van der Waals surface area contributed by atoms with E-state index in [9.17, 15) is 0 Å². The van der Waals surface area contributed by atoms with Crippen LogP contribution in [0.25, 0.3) is 11.0 Å². The van der Waals surface area contributed by atoms with E-state index in [4.69, 9.17) is 4.42 Å². The van der Waals surface area contributed by atoms with Crippen LogP contribution in [0.5, 0.6) is 0 Å². The molecule has 1 N–H and O–H groups in total. The van der Waals surface area contributed by atoms with Gasteiger partial charge in [-0.1, -0.05) is 39.0 Å². The molecule has 0 amide bonds. The Bertz CT molecular complexity index is 599. The van der Waals surface area contributed by atoms with Crippen LogP contribution in [0.4, 0.5) is 0 Å². The van der Waals surface area contributed by atoms with Crippen molar-refractivity contribution in [2.75, 3.05) is 7.05 Å². The number of furan rings is 1. The van der Waals surface area contributed by atoms with Gasteiger partial charge in [-0.05, 0) is 31.2 Å². The smallest absolute Gasteiger partial charge is 0.138 e. The molecule has 0 saturated heterocycles. The monoisotopic (exact) mass is 257 g/mol. The molecule has 0 bridgehead atoms. The molecule has 1 saturated carbocycles. The van der Waals surface area contributed by atoms with Gasteiger partial charge in [0.15, 0.2) is 0 Å². The zero-order valence-electron chi connectivity index (χ0n) is 12.3. The number of rotatable bonds is 3. The summed E-state index contributed by atoms with van der Waals surface area (Å²) in [5.74, 6) is 1.86. The topological polar surface area (TPSA) is 25.2 Å². The quantitative estimate of drug-likeness (QED) is 0.885. The summed E-state index contributed by atoms with van der Waals surface area (Å²) in [6, 6.07) is 6.60. The van der Waals surface area contributed by atoms with Crippen LogP contribution in [0.15, 0.2) is 22.6 Å². The maximum absolute atomic E-state index is 6.24. The van der Waals surface area contributed by atoms with E-state index in [-0.39, 0.29) is 5.41 Å². The Balaban J connectivity index is 2.24. The second-order valence-corrected chi connectivity index (χ2v) is 6.68. The summed E-state index contributed by atoms with van der Waals surface area (Å²) >= 11 is 0. The second-order valence-electron chi connectivity index (χ2n) is 6.68. The lowest BCUT2D eigenvalue weighted by Crippen LogP contribution is -2.11. The summed E-state index contributed by atoms with van der Waals surface area (Å²) in [7, 11) is 1.98. The van der Waals surface area contributed by atoms with Crippen LogP contribution in [0, 0.1) is 0 Å². The van der Waals surface area contributed by atoms with E-state index < -0.39 is 0 Å². The van der Waals surface area contributed by atoms with Crippen molar-refractivity contribution in [3.05, 3.63) is 35.1 Å². The Kier molecular flexibility index (Phi) is 2.94. The minimum absolute atomic E-state index is 0.120. The van der Waals surface area contributed by atoms with Gasteiger partial charge in [0.1, 0.15) is 11.3 Å². The van der Waals surface area contributed by atoms with E-state index in [0.29, 0.717) is 0 Å². The molecule has 1 aliphatic rings. The maximum atomic E-state index is 6.24. The summed E-state index contributed by atoms with van der Waals surface area (Å²) in [6.07, 6.45) is 2.62. The van der Waals surface area contributed by atoms with Crippen molar-refractivity contribution < 1.29 is 4.42 Å². The van der Waals surface area contributed by atoms with E-state index >= 15 is 0 Å². The van der Waals surface area contributed by atoms with Crippen molar-refractivity contribution >= 4 is 11.0 Å². The van der Waals surface area contributed by atoms with Crippen molar-refractivity contribution in [3.63, 3.8) is 0 Å². The molecule has 2 nitrogen and oxygen atoms in total. The van der Waals surface area contributed by atoms with Crippen molar-refractivity contribution in [2.45, 2.75) is 51.5 Å². The van der Waals surface area contributed by atoms with Gasteiger partial charge in [-0.25, -0.2) is 0 Å². The third kappa shape index (κ3) is 2.18. The van der Waals surface area contributed by atoms with Gasteiger partial charge in [0.2, 0.25) is 0 Å². The zero-order valence-corrected chi connectivity index (χ0v) is 12.3. The van der Waals surface area contributed by atoms with Crippen LogP contribution < -0.4 is 5.32 Å². The number of hydrogen-bond donors (Lipinski definition) is 1. The average Bonchev–Trinajstić information content (AvgIpc) is 3.09. The molecule has 0 aliphatic heterocycles. The summed E-state index contributed by atoms with van der Waals surface area (Å²) in [6.45, 7) is 7.57. The fourth-order valence-electron chi connectivity index (χ4n) is 2.89. The van der Waals surface area contributed by atoms with Gasteiger partial charge in [0, 0.05) is 16.5 Å². The normalized spacial score (nSPS) is 16.2. The third-order valence-electron chi connectivity index (χ3n) is 3.96. The highest BCUT2D eigenvalue weighted by atomic mass is 16.3. The average molecular weight is 257 g/mol. The Labute approximate surface area is 115 Å². The number of nitrogens with one attached hydrogen (secondary N) is 1. The molecule has 1 aromatic carbocycles. The van der Waals surface area contributed by atoms with Gasteiger partial charge in [0.25, 0.3) is 0 Å². The largest absolute Gasteiger partial charge is 0.459 e. The lowest BCUT2D eigenvalue weighted by molar-refractivity contribution is 0.508. The lowest BCUT2D eigenvalue weighted by atomic mass is 9.85. The van der Waals surface area contributed by atoms with Gasteiger partial charge in [-0.3, -0.25) is 0 Å². The van der Waals surface area contributed by atoms with Crippen molar-refractivity contribution in [2.24, 2.45) is 0 Å². The van der Waals surface area contributed by atoms with Crippen LogP contribution in [-0.4, -0.2) is 7.05 Å². The molecule has 0 unspecified atom stereocenters. The first-order valence-electron chi connectivity index (χ1n) is 7.21. The van der Waals surface area contributed by atoms with Gasteiger partial charge in [0.05, 0.1) is 6.54 Å². The van der Waals surface area contributed by atoms with Crippen molar-refractivity contribution in [1.82, 2.24) is 5.32 Å². The standard InChI is InChI=1S/C17H23NO/c1-17(2,3)13-7-5-6-12-15(11-8-9-11)14(10-18-4)19-16(12)13/h5-7,11,18H,8-10H2,1-4H3. The van der Waals surface area contributed by atoms with Crippen LogP contribution in [0.3, 0.4) is 0 Å². The molecule has 1 aromatic heterocycles. The Hall–Kier alpha value is -1.28. The molecule has 19 heavy (non-hydrogen) atoms. The van der Waals surface area contributed by atoms with Gasteiger partial charge in [-0.2, -0.15) is 0 Å². The minimum Gasteiger partial charge on any atom is -0.459 e. The van der Waals surface area contributed by atoms with E-state index in [1.165, 1.54) is 29.4 Å². The fraction of sp³-hybridized carbons (Fsp3) is 0.529. The molecule has 0 radical (unpaired) electrons. The number of benzene rings is 1. The van der Waals surface area contributed by atoms with Crippen molar-refractivity contribution in [1.29, 1.82) is 0 Å². The Morgan fingerprint density at radius 2 is 2.00 bits per heavy atom. The van der Waals surface area contributed by atoms with E-state index in [0.717, 1.165) is 23.8 Å². The van der Waals surface area contributed by atoms with Crippen LogP contribution in [0.2, 0.25) is 0 Å². The first kappa shape index (κ1) is 12.7. The highest BCUT2D eigenvalue weighted by Crippen LogP contribution is 2.47. The fourth-order valence-corrected chi connectivity index (χ4v) is 2.89.